The first-order valence-corrected chi connectivity index (χ1v) is 19.6. The number of benzene rings is 9. The van der Waals surface area contributed by atoms with E-state index in [4.69, 9.17) is 18.8 Å². The topological polar surface area (TPSA) is 63.0 Å². The maximum atomic E-state index is 6.82. The fourth-order valence-electron chi connectivity index (χ4n) is 8.72. The minimum atomic E-state index is -0.441. The standard InChI is InChI=1S/C53H33N3O2/c1-3-12-36-30-38(28-24-32(36)10-1)34-22-26-35(27-23-34)51-54-52(39-29-25-33-11-2-4-13-37(33)31-39)56-53(55-51)44-18-9-21-47-49(44)43-17-7-16-41(50(43)58-47)40-15-8-20-46-48(40)42-14-5-6-19-45(42)57-46/h1-31,53H,(H,54,55,56). The summed E-state index contributed by atoms with van der Waals surface area (Å²) in [7, 11) is 0. The van der Waals surface area contributed by atoms with E-state index < -0.39 is 6.17 Å². The molecule has 58 heavy (non-hydrogen) atoms. The SMILES string of the molecule is c1ccc2cc(C3=NC(c4ccc(-c5ccc6ccccc6c5)cc4)=NC(c4cccc5oc6c(-c7cccc8oc9ccccc9c78)cccc6c45)N3)ccc2c1. The van der Waals surface area contributed by atoms with Gasteiger partial charge < -0.3 is 14.2 Å². The molecule has 1 unspecified atom stereocenters. The van der Waals surface area contributed by atoms with E-state index >= 15 is 0 Å². The van der Waals surface area contributed by atoms with Gasteiger partial charge in [-0.2, -0.15) is 0 Å². The molecule has 5 nitrogen and oxygen atoms in total. The van der Waals surface area contributed by atoms with Gasteiger partial charge in [0.05, 0.1) is 0 Å². The van der Waals surface area contributed by atoms with Crippen LogP contribution in [0.2, 0.25) is 0 Å². The van der Waals surface area contributed by atoms with E-state index in [1.54, 1.807) is 0 Å². The van der Waals surface area contributed by atoms with Crippen molar-refractivity contribution in [1.82, 2.24) is 5.32 Å². The highest BCUT2D eigenvalue weighted by molar-refractivity contribution is 6.18. The number of rotatable bonds is 5. The summed E-state index contributed by atoms with van der Waals surface area (Å²) in [6.07, 6.45) is -0.441. The van der Waals surface area contributed by atoms with Crippen LogP contribution in [-0.4, -0.2) is 11.7 Å². The molecule has 0 spiro atoms. The van der Waals surface area contributed by atoms with E-state index in [0.717, 1.165) is 88.5 Å². The van der Waals surface area contributed by atoms with Gasteiger partial charge in [-0.05, 0) is 68.6 Å². The van der Waals surface area contributed by atoms with E-state index in [1.165, 1.54) is 21.7 Å². The molecule has 0 saturated heterocycles. The Hall–Kier alpha value is -7.76. The van der Waals surface area contributed by atoms with Crippen LogP contribution >= 0.6 is 0 Å². The van der Waals surface area contributed by atoms with Crippen molar-refractivity contribution in [2.75, 3.05) is 0 Å². The normalized spacial score (nSPS) is 14.4. The van der Waals surface area contributed by atoms with Gasteiger partial charge in [-0.15, -0.1) is 0 Å². The Morgan fingerprint density at radius 2 is 1.00 bits per heavy atom. The monoisotopic (exact) mass is 743 g/mol. The molecule has 11 aromatic rings. The van der Waals surface area contributed by atoms with Crippen LogP contribution in [0.15, 0.2) is 207 Å². The lowest BCUT2D eigenvalue weighted by Gasteiger charge is -2.24. The Morgan fingerprint density at radius 1 is 0.414 bits per heavy atom. The summed E-state index contributed by atoms with van der Waals surface area (Å²) in [6, 6.07) is 65.7. The highest BCUT2D eigenvalue weighted by Gasteiger charge is 2.26. The summed E-state index contributed by atoms with van der Waals surface area (Å²) in [5.41, 5.74) is 10.7. The molecule has 0 saturated carbocycles. The Morgan fingerprint density at radius 3 is 1.81 bits per heavy atom. The van der Waals surface area contributed by atoms with Crippen LogP contribution in [0.25, 0.3) is 87.7 Å². The molecule has 0 bridgehead atoms. The molecule has 3 heterocycles. The third-order valence-electron chi connectivity index (χ3n) is 11.5. The first kappa shape index (κ1) is 32.5. The predicted octanol–water partition coefficient (Wildman–Crippen LogP) is 13.6. The summed E-state index contributed by atoms with van der Waals surface area (Å²) in [5, 5.41) is 12.8. The number of amidine groups is 2. The van der Waals surface area contributed by atoms with Gasteiger partial charge in [0.25, 0.3) is 0 Å². The van der Waals surface area contributed by atoms with Crippen molar-refractivity contribution in [3.63, 3.8) is 0 Å². The van der Waals surface area contributed by atoms with E-state index in [0.29, 0.717) is 5.84 Å². The molecule has 0 radical (unpaired) electrons. The van der Waals surface area contributed by atoms with Gasteiger partial charge in [-0.3, -0.25) is 0 Å². The molecule has 0 amide bonds. The Labute approximate surface area is 333 Å². The molecule has 9 aromatic carbocycles. The van der Waals surface area contributed by atoms with Crippen LogP contribution in [0.4, 0.5) is 0 Å². The lowest BCUT2D eigenvalue weighted by molar-refractivity contribution is 0.663. The Bertz CT molecular complexity index is 3500. The first-order chi connectivity index (χ1) is 28.7. The quantitative estimate of drug-likeness (QED) is 0.191. The van der Waals surface area contributed by atoms with Gasteiger partial charge >= 0.3 is 0 Å². The summed E-state index contributed by atoms with van der Waals surface area (Å²) in [5.74, 6) is 1.43. The number of para-hydroxylation sites is 2. The average molecular weight is 744 g/mol. The lowest BCUT2D eigenvalue weighted by atomic mass is 9.96. The number of fused-ring (bicyclic) bond motifs is 8. The van der Waals surface area contributed by atoms with Gasteiger partial charge in [-0.1, -0.05) is 158 Å². The van der Waals surface area contributed by atoms with Crippen LogP contribution in [0, 0.1) is 0 Å². The molecular formula is C53H33N3O2. The van der Waals surface area contributed by atoms with Crippen LogP contribution in [0.5, 0.6) is 0 Å². The number of aliphatic imine (C=N–C) groups is 2. The minimum absolute atomic E-state index is 0.441. The van der Waals surface area contributed by atoms with Crippen molar-refractivity contribution in [2.24, 2.45) is 9.98 Å². The number of nitrogens with one attached hydrogen (secondary N) is 1. The van der Waals surface area contributed by atoms with Crippen molar-refractivity contribution in [2.45, 2.75) is 6.17 Å². The van der Waals surface area contributed by atoms with E-state index in [-0.39, 0.29) is 0 Å². The van der Waals surface area contributed by atoms with Crippen molar-refractivity contribution in [3.05, 3.63) is 205 Å². The second-order valence-electron chi connectivity index (χ2n) is 14.9. The number of nitrogens with zero attached hydrogens (tertiary/aromatic N) is 2. The van der Waals surface area contributed by atoms with E-state index in [9.17, 15) is 0 Å². The number of hydrogen-bond acceptors (Lipinski definition) is 5. The summed E-state index contributed by atoms with van der Waals surface area (Å²) >= 11 is 0. The minimum Gasteiger partial charge on any atom is -0.456 e. The third kappa shape index (κ3) is 5.25. The van der Waals surface area contributed by atoms with Gasteiger partial charge in [0.2, 0.25) is 0 Å². The van der Waals surface area contributed by atoms with Crippen LogP contribution in [0.3, 0.4) is 0 Å². The second-order valence-corrected chi connectivity index (χ2v) is 14.9. The molecule has 272 valence electrons. The fourth-order valence-corrected chi connectivity index (χ4v) is 8.72. The molecular weight excluding hydrogens is 711 g/mol. The summed E-state index contributed by atoms with van der Waals surface area (Å²) < 4.78 is 13.1. The Kier molecular flexibility index (Phi) is 7.23. The summed E-state index contributed by atoms with van der Waals surface area (Å²) in [4.78, 5) is 10.6. The second kappa shape index (κ2) is 12.9. The fraction of sp³-hybridized carbons (Fsp3) is 0.0189. The van der Waals surface area contributed by atoms with Crippen LogP contribution in [0.1, 0.15) is 22.9 Å². The molecule has 0 aliphatic carbocycles. The van der Waals surface area contributed by atoms with Gasteiger partial charge in [0.1, 0.15) is 34.3 Å². The Balaban J connectivity index is 1.00. The van der Waals surface area contributed by atoms with Crippen molar-refractivity contribution in [1.29, 1.82) is 0 Å². The molecule has 2 aromatic heterocycles. The first-order valence-electron chi connectivity index (χ1n) is 19.6. The highest BCUT2D eigenvalue weighted by atomic mass is 16.3. The van der Waals surface area contributed by atoms with Gasteiger partial charge in [0, 0.05) is 43.8 Å². The maximum absolute atomic E-state index is 6.82. The molecule has 5 heteroatoms. The van der Waals surface area contributed by atoms with E-state index in [2.05, 4.69) is 169 Å². The molecule has 0 fully saturated rings. The zero-order valence-corrected chi connectivity index (χ0v) is 31.2. The molecule has 1 atom stereocenters. The lowest BCUT2D eigenvalue weighted by Crippen LogP contribution is -2.33. The maximum Gasteiger partial charge on any atom is 0.159 e. The van der Waals surface area contributed by atoms with Crippen molar-refractivity contribution in [3.8, 4) is 22.3 Å². The zero-order valence-electron chi connectivity index (χ0n) is 31.2. The average Bonchev–Trinajstić information content (AvgIpc) is 3.88. The van der Waals surface area contributed by atoms with Crippen molar-refractivity contribution >= 4 is 77.1 Å². The van der Waals surface area contributed by atoms with Crippen molar-refractivity contribution < 1.29 is 8.83 Å². The third-order valence-corrected chi connectivity index (χ3v) is 11.5. The van der Waals surface area contributed by atoms with Gasteiger partial charge in [0.15, 0.2) is 5.84 Å². The van der Waals surface area contributed by atoms with Gasteiger partial charge in [-0.25, -0.2) is 9.98 Å². The van der Waals surface area contributed by atoms with Crippen LogP contribution < -0.4 is 5.32 Å². The molecule has 1 aliphatic rings. The predicted molar refractivity (Wildman–Crippen MR) is 239 cm³/mol. The molecule has 1 N–H and O–H groups in total. The zero-order chi connectivity index (χ0) is 38.2. The van der Waals surface area contributed by atoms with E-state index in [1.807, 2.05) is 24.3 Å². The summed E-state index contributed by atoms with van der Waals surface area (Å²) in [6.45, 7) is 0. The highest BCUT2D eigenvalue weighted by Crippen LogP contribution is 2.43. The smallest absolute Gasteiger partial charge is 0.159 e. The molecule has 12 rings (SSSR count). The number of furan rings is 2. The van der Waals surface area contributed by atoms with Crippen LogP contribution in [-0.2, 0) is 0 Å². The molecule has 1 aliphatic heterocycles. The largest absolute Gasteiger partial charge is 0.456 e. The number of hydrogen-bond donors (Lipinski definition) is 1.